The zero-order chi connectivity index (χ0) is 19.6. The minimum absolute atomic E-state index is 0.183. The van der Waals surface area contributed by atoms with Crippen molar-refractivity contribution < 1.29 is 9.13 Å². The number of nitrogens with zero attached hydrogens (tertiary/aromatic N) is 2. The standard InChI is InChI=1S/C20H33FN4OS/c1-15-12-25(13-16(2)26-15)9-5-8-23-20(22-3)24-11-17-6-7-19(21)10-18(17)14-27-4/h6-7,10,15-16H,5,8-9,11-14H2,1-4H3,(H2,22,23,24). The van der Waals surface area contributed by atoms with Gasteiger partial charge in [-0.25, -0.2) is 4.39 Å². The van der Waals surface area contributed by atoms with Gasteiger partial charge in [-0.05, 0) is 49.8 Å². The van der Waals surface area contributed by atoms with Crippen molar-refractivity contribution in [3.63, 3.8) is 0 Å². The fourth-order valence-corrected chi connectivity index (χ4v) is 4.01. The van der Waals surface area contributed by atoms with Crippen molar-refractivity contribution in [2.24, 2.45) is 4.99 Å². The lowest BCUT2D eigenvalue weighted by Crippen LogP contribution is -2.46. The Balaban J connectivity index is 1.73. The van der Waals surface area contributed by atoms with Gasteiger partial charge in [-0.2, -0.15) is 11.8 Å². The summed E-state index contributed by atoms with van der Waals surface area (Å²) in [6, 6.07) is 4.98. The van der Waals surface area contributed by atoms with Crippen LogP contribution in [0.3, 0.4) is 0 Å². The SMILES string of the molecule is CN=C(NCCCN1CC(C)OC(C)C1)NCc1ccc(F)cc1CSC. The smallest absolute Gasteiger partial charge is 0.191 e. The molecule has 7 heteroatoms. The summed E-state index contributed by atoms with van der Waals surface area (Å²) in [5.41, 5.74) is 2.13. The molecule has 0 aliphatic carbocycles. The molecule has 5 nitrogen and oxygen atoms in total. The van der Waals surface area contributed by atoms with Crippen LogP contribution in [0.25, 0.3) is 0 Å². The Morgan fingerprint density at radius 3 is 2.67 bits per heavy atom. The Hall–Kier alpha value is -1.31. The van der Waals surface area contributed by atoms with Crippen molar-refractivity contribution >= 4 is 17.7 Å². The van der Waals surface area contributed by atoms with Crippen LogP contribution in [0.4, 0.5) is 4.39 Å². The van der Waals surface area contributed by atoms with Crippen LogP contribution < -0.4 is 10.6 Å². The number of rotatable bonds is 8. The maximum Gasteiger partial charge on any atom is 0.191 e. The van der Waals surface area contributed by atoms with Gasteiger partial charge in [0.25, 0.3) is 0 Å². The number of ether oxygens (including phenoxy) is 1. The second-order valence-corrected chi connectivity index (χ2v) is 7.94. The molecule has 0 saturated carbocycles. The molecule has 2 rings (SSSR count). The van der Waals surface area contributed by atoms with E-state index in [1.807, 2.05) is 12.3 Å². The van der Waals surface area contributed by atoms with Gasteiger partial charge in [0.15, 0.2) is 5.96 Å². The Kier molecular flexibility index (Phi) is 9.38. The lowest BCUT2D eigenvalue weighted by Gasteiger charge is -2.35. The Morgan fingerprint density at radius 2 is 2.00 bits per heavy atom. The Labute approximate surface area is 167 Å². The third kappa shape index (κ3) is 7.68. The van der Waals surface area contributed by atoms with Gasteiger partial charge in [0.1, 0.15) is 5.82 Å². The molecule has 1 aliphatic heterocycles. The predicted octanol–water partition coefficient (Wildman–Crippen LogP) is 2.85. The number of guanidine groups is 1. The molecule has 2 unspecified atom stereocenters. The van der Waals surface area contributed by atoms with E-state index in [0.29, 0.717) is 18.8 Å². The molecule has 0 radical (unpaired) electrons. The minimum Gasteiger partial charge on any atom is -0.373 e. The van der Waals surface area contributed by atoms with Crippen molar-refractivity contribution in [2.75, 3.05) is 39.5 Å². The highest BCUT2D eigenvalue weighted by Gasteiger charge is 2.21. The van der Waals surface area contributed by atoms with Crippen molar-refractivity contribution in [1.82, 2.24) is 15.5 Å². The summed E-state index contributed by atoms with van der Waals surface area (Å²) in [4.78, 5) is 6.75. The number of morpholine rings is 1. The average Bonchev–Trinajstić information content (AvgIpc) is 2.62. The van der Waals surface area contributed by atoms with Crippen LogP contribution in [-0.2, 0) is 17.0 Å². The lowest BCUT2D eigenvalue weighted by molar-refractivity contribution is -0.0679. The maximum atomic E-state index is 13.5. The molecule has 27 heavy (non-hydrogen) atoms. The van der Waals surface area contributed by atoms with Gasteiger partial charge in [0.2, 0.25) is 0 Å². The fourth-order valence-electron chi connectivity index (χ4n) is 3.43. The fraction of sp³-hybridized carbons (Fsp3) is 0.650. The summed E-state index contributed by atoms with van der Waals surface area (Å²) >= 11 is 1.69. The largest absolute Gasteiger partial charge is 0.373 e. The van der Waals surface area contributed by atoms with Crippen molar-refractivity contribution in [3.8, 4) is 0 Å². The zero-order valence-electron chi connectivity index (χ0n) is 16.9. The number of halogens is 1. The normalized spacial score (nSPS) is 21.3. The monoisotopic (exact) mass is 396 g/mol. The van der Waals surface area contributed by atoms with E-state index in [0.717, 1.165) is 55.4 Å². The third-order valence-corrected chi connectivity index (χ3v) is 5.18. The molecule has 1 heterocycles. The highest BCUT2D eigenvalue weighted by molar-refractivity contribution is 7.97. The number of benzene rings is 1. The number of hydrogen-bond donors (Lipinski definition) is 2. The van der Waals surface area contributed by atoms with E-state index in [9.17, 15) is 4.39 Å². The van der Waals surface area contributed by atoms with Crippen LogP contribution in [0.2, 0.25) is 0 Å². The van der Waals surface area contributed by atoms with Crippen molar-refractivity contribution in [3.05, 3.63) is 35.1 Å². The first-order valence-corrected chi connectivity index (χ1v) is 11.0. The molecule has 1 aromatic carbocycles. The van der Waals surface area contributed by atoms with Crippen LogP contribution in [0, 0.1) is 5.82 Å². The van der Waals surface area contributed by atoms with Crippen LogP contribution in [0.15, 0.2) is 23.2 Å². The summed E-state index contributed by atoms with van der Waals surface area (Å²) in [7, 11) is 1.77. The molecule has 2 atom stereocenters. The van der Waals surface area contributed by atoms with Crippen LogP contribution in [0.1, 0.15) is 31.4 Å². The quantitative estimate of drug-likeness (QED) is 0.402. The first kappa shape index (κ1) is 22.0. The van der Waals surface area contributed by atoms with Gasteiger partial charge in [-0.3, -0.25) is 9.89 Å². The average molecular weight is 397 g/mol. The molecule has 152 valence electrons. The molecule has 0 bridgehead atoms. The molecule has 2 N–H and O–H groups in total. The number of hydrogen-bond acceptors (Lipinski definition) is 4. The third-order valence-electron chi connectivity index (χ3n) is 4.58. The van der Waals surface area contributed by atoms with Gasteiger partial charge >= 0.3 is 0 Å². The molecular formula is C20H33FN4OS. The number of nitrogens with one attached hydrogen (secondary N) is 2. The van der Waals surface area contributed by atoms with E-state index in [1.54, 1.807) is 24.9 Å². The van der Waals surface area contributed by atoms with Crippen molar-refractivity contribution in [2.45, 2.75) is 44.8 Å². The maximum absolute atomic E-state index is 13.5. The summed E-state index contributed by atoms with van der Waals surface area (Å²) in [6.07, 6.45) is 3.69. The predicted molar refractivity (Wildman–Crippen MR) is 113 cm³/mol. The van der Waals surface area contributed by atoms with E-state index < -0.39 is 0 Å². The van der Waals surface area contributed by atoms with Gasteiger partial charge in [0.05, 0.1) is 12.2 Å². The summed E-state index contributed by atoms with van der Waals surface area (Å²) < 4.78 is 19.2. The summed E-state index contributed by atoms with van der Waals surface area (Å²) in [6.45, 7) is 8.81. The minimum atomic E-state index is -0.183. The second kappa shape index (κ2) is 11.5. The van der Waals surface area contributed by atoms with Gasteiger partial charge in [-0.1, -0.05) is 6.07 Å². The van der Waals surface area contributed by atoms with Gasteiger partial charge in [0, 0.05) is 45.5 Å². The Morgan fingerprint density at radius 1 is 1.26 bits per heavy atom. The first-order valence-electron chi connectivity index (χ1n) is 9.60. The van der Waals surface area contributed by atoms with Crippen LogP contribution in [-0.4, -0.2) is 62.5 Å². The molecule has 1 aliphatic rings. The molecule has 1 aromatic rings. The van der Waals surface area contributed by atoms with Crippen LogP contribution in [0.5, 0.6) is 0 Å². The van der Waals surface area contributed by atoms with E-state index in [1.165, 1.54) is 6.07 Å². The molecule has 1 fully saturated rings. The van der Waals surface area contributed by atoms with Crippen LogP contribution >= 0.6 is 11.8 Å². The first-order chi connectivity index (χ1) is 13.0. The highest BCUT2D eigenvalue weighted by Crippen LogP contribution is 2.16. The second-order valence-electron chi connectivity index (χ2n) is 7.07. The number of aliphatic imine (C=N–C) groups is 1. The van der Waals surface area contributed by atoms with E-state index in [4.69, 9.17) is 4.74 Å². The van der Waals surface area contributed by atoms with E-state index in [2.05, 4.69) is 34.4 Å². The molecule has 0 amide bonds. The topological polar surface area (TPSA) is 48.9 Å². The van der Waals surface area contributed by atoms with Gasteiger partial charge in [-0.15, -0.1) is 0 Å². The van der Waals surface area contributed by atoms with Crippen molar-refractivity contribution in [1.29, 1.82) is 0 Å². The molecule has 0 spiro atoms. The van der Waals surface area contributed by atoms with E-state index >= 15 is 0 Å². The number of thioether (sulfide) groups is 1. The zero-order valence-corrected chi connectivity index (χ0v) is 17.7. The molecule has 1 saturated heterocycles. The summed E-state index contributed by atoms with van der Waals surface area (Å²) in [5, 5.41) is 6.70. The summed E-state index contributed by atoms with van der Waals surface area (Å²) in [5.74, 6) is 1.40. The lowest BCUT2D eigenvalue weighted by atomic mass is 10.1. The Bertz CT molecular complexity index is 604. The molecule has 0 aromatic heterocycles. The molecular weight excluding hydrogens is 363 g/mol. The highest BCUT2D eigenvalue weighted by atomic mass is 32.2. The van der Waals surface area contributed by atoms with Gasteiger partial charge < -0.3 is 15.4 Å². The van der Waals surface area contributed by atoms with E-state index in [-0.39, 0.29) is 5.82 Å².